The Morgan fingerprint density at radius 1 is 1.10 bits per heavy atom. The van der Waals surface area contributed by atoms with Crippen LogP contribution in [-0.4, -0.2) is 53.8 Å². The summed E-state index contributed by atoms with van der Waals surface area (Å²) in [6.07, 6.45) is 6.15. The molecule has 0 spiro atoms. The molecule has 1 N–H and O–H groups in total. The number of nitrogens with zero attached hydrogens (tertiary/aromatic N) is 2. The van der Waals surface area contributed by atoms with Crippen molar-refractivity contribution in [2.75, 3.05) is 26.2 Å². The summed E-state index contributed by atoms with van der Waals surface area (Å²) in [5, 5.41) is 3.62. The van der Waals surface area contributed by atoms with Crippen LogP contribution in [0.5, 0.6) is 0 Å². The Kier molecular flexibility index (Phi) is 6.75. The van der Waals surface area contributed by atoms with E-state index in [9.17, 15) is 9.59 Å². The predicted octanol–water partition coefficient (Wildman–Crippen LogP) is 3.57. The maximum absolute atomic E-state index is 13.1. The van der Waals surface area contributed by atoms with Crippen molar-refractivity contribution in [1.29, 1.82) is 0 Å². The second-order valence-corrected chi connectivity index (χ2v) is 8.56. The average molecular weight is 430 g/mol. The van der Waals surface area contributed by atoms with E-state index in [4.69, 9.17) is 16.0 Å². The van der Waals surface area contributed by atoms with Gasteiger partial charge in [-0.2, -0.15) is 0 Å². The minimum atomic E-state index is -0.147. The van der Waals surface area contributed by atoms with Crippen molar-refractivity contribution >= 4 is 23.4 Å². The lowest BCUT2D eigenvalue weighted by Gasteiger charge is -2.40. The molecule has 1 aliphatic carbocycles. The third-order valence-electron chi connectivity index (χ3n) is 6.20. The smallest absolute Gasteiger partial charge is 0.253 e. The first-order chi connectivity index (χ1) is 14.6. The molecule has 2 fully saturated rings. The second kappa shape index (κ2) is 9.67. The lowest BCUT2D eigenvalue weighted by molar-refractivity contribution is -0.129. The number of halogens is 1. The van der Waals surface area contributed by atoms with E-state index in [2.05, 4.69) is 10.2 Å². The van der Waals surface area contributed by atoms with Crippen LogP contribution in [0.1, 0.15) is 41.8 Å². The van der Waals surface area contributed by atoms with E-state index in [0.29, 0.717) is 49.2 Å². The molecule has 30 heavy (non-hydrogen) atoms. The van der Waals surface area contributed by atoms with Crippen molar-refractivity contribution in [2.24, 2.45) is 5.92 Å². The highest BCUT2D eigenvalue weighted by molar-refractivity contribution is 6.30. The Hall–Kier alpha value is -2.31. The summed E-state index contributed by atoms with van der Waals surface area (Å²) in [4.78, 5) is 30.0. The summed E-state index contributed by atoms with van der Waals surface area (Å²) in [7, 11) is 0. The van der Waals surface area contributed by atoms with Crippen molar-refractivity contribution in [3.63, 3.8) is 0 Å². The fourth-order valence-corrected chi connectivity index (χ4v) is 4.84. The van der Waals surface area contributed by atoms with Crippen LogP contribution in [0.2, 0.25) is 5.02 Å². The van der Waals surface area contributed by atoms with Crippen molar-refractivity contribution in [3.05, 3.63) is 59.0 Å². The lowest BCUT2D eigenvalue weighted by Crippen LogP contribution is -2.57. The Bertz CT molecular complexity index is 856. The van der Waals surface area contributed by atoms with Crippen molar-refractivity contribution < 1.29 is 14.0 Å². The Morgan fingerprint density at radius 2 is 1.87 bits per heavy atom. The predicted molar refractivity (Wildman–Crippen MR) is 115 cm³/mol. The van der Waals surface area contributed by atoms with E-state index in [-0.39, 0.29) is 17.9 Å². The Morgan fingerprint density at radius 3 is 2.53 bits per heavy atom. The molecule has 6 nitrogen and oxygen atoms in total. The fraction of sp³-hybridized carbons (Fsp3) is 0.478. The second-order valence-electron chi connectivity index (χ2n) is 8.13. The van der Waals surface area contributed by atoms with Gasteiger partial charge in [-0.05, 0) is 49.1 Å². The van der Waals surface area contributed by atoms with E-state index in [0.717, 1.165) is 18.6 Å². The van der Waals surface area contributed by atoms with Gasteiger partial charge in [0.05, 0.1) is 18.8 Å². The number of hydrogen-bond acceptors (Lipinski definition) is 4. The molecule has 2 aromatic rings. The molecule has 1 aliphatic heterocycles. The number of hydrogen-bond donors (Lipinski definition) is 1. The van der Waals surface area contributed by atoms with Crippen LogP contribution in [0.4, 0.5) is 0 Å². The Labute approximate surface area is 182 Å². The topological polar surface area (TPSA) is 65.8 Å². The van der Waals surface area contributed by atoms with Gasteiger partial charge in [0.15, 0.2) is 0 Å². The first kappa shape index (κ1) is 20.9. The third kappa shape index (κ3) is 4.87. The minimum Gasteiger partial charge on any atom is -0.467 e. The number of nitrogens with one attached hydrogen (secondary N) is 1. The van der Waals surface area contributed by atoms with Gasteiger partial charge in [-0.15, -0.1) is 0 Å². The minimum absolute atomic E-state index is 0.00293. The zero-order valence-corrected chi connectivity index (χ0v) is 17.8. The largest absolute Gasteiger partial charge is 0.467 e. The number of furan rings is 1. The van der Waals surface area contributed by atoms with Gasteiger partial charge in [0.25, 0.3) is 5.91 Å². The molecule has 2 aliphatic rings. The van der Waals surface area contributed by atoms with Crippen LogP contribution < -0.4 is 5.32 Å². The highest BCUT2D eigenvalue weighted by Crippen LogP contribution is 2.31. The molecule has 0 bridgehead atoms. The number of carbonyl (C=O) groups is 2. The summed E-state index contributed by atoms with van der Waals surface area (Å²) >= 11 is 6.04. The molecule has 2 heterocycles. The van der Waals surface area contributed by atoms with Gasteiger partial charge in [0.1, 0.15) is 5.76 Å². The number of benzene rings is 1. The van der Waals surface area contributed by atoms with Gasteiger partial charge in [-0.25, -0.2) is 0 Å². The summed E-state index contributed by atoms with van der Waals surface area (Å²) < 4.78 is 5.34. The van der Waals surface area contributed by atoms with E-state index in [1.807, 2.05) is 17.0 Å². The van der Waals surface area contributed by atoms with Crippen LogP contribution in [0.3, 0.4) is 0 Å². The van der Waals surface area contributed by atoms with Gasteiger partial charge < -0.3 is 14.6 Å². The zero-order chi connectivity index (χ0) is 20.9. The van der Waals surface area contributed by atoms with Gasteiger partial charge in [0.2, 0.25) is 5.91 Å². The first-order valence-electron chi connectivity index (χ1n) is 10.7. The number of amides is 2. The van der Waals surface area contributed by atoms with Crippen LogP contribution >= 0.6 is 11.6 Å². The maximum Gasteiger partial charge on any atom is 0.253 e. The SMILES string of the molecule is O=C(NCc1ccco1)C(C1CCCC1)N1CCN(C(=O)c2cccc(Cl)c2)CC1. The van der Waals surface area contributed by atoms with Crippen LogP contribution in [0, 0.1) is 5.92 Å². The highest BCUT2D eigenvalue weighted by atomic mass is 35.5. The summed E-state index contributed by atoms with van der Waals surface area (Å²) in [6, 6.07) is 10.6. The quantitative estimate of drug-likeness (QED) is 0.762. The zero-order valence-electron chi connectivity index (χ0n) is 17.1. The van der Waals surface area contributed by atoms with E-state index in [1.165, 1.54) is 12.8 Å². The summed E-state index contributed by atoms with van der Waals surface area (Å²) in [6.45, 7) is 3.02. The number of carbonyl (C=O) groups excluding carboxylic acids is 2. The van der Waals surface area contributed by atoms with Crippen molar-refractivity contribution in [1.82, 2.24) is 15.1 Å². The van der Waals surface area contributed by atoms with Crippen LogP contribution in [0.15, 0.2) is 47.1 Å². The van der Waals surface area contributed by atoms with Crippen LogP contribution in [-0.2, 0) is 11.3 Å². The molecule has 2 amide bonds. The van der Waals surface area contributed by atoms with E-state index < -0.39 is 0 Å². The molecule has 1 aromatic heterocycles. The molecule has 1 atom stereocenters. The molecule has 4 rings (SSSR count). The molecule has 1 saturated heterocycles. The Balaban J connectivity index is 1.38. The summed E-state index contributed by atoms with van der Waals surface area (Å²) in [5.41, 5.74) is 0.611. The molecule has 1 aromatic carbocycles. The first-order valence-corrected chi connectivity index (χ1v) is 11.1. The monoisotopic (exact) mass is 429 g/mol. The molecule has 0 radical (unpaired) electrons. The van der Waals surface area contributed by atoms with Gasteiger partial charge in [-0.3, -0.25) is 14.5 Å². The molecular formula is C23H28ClN3O3. The third-order valence-corrected chi connectivity index (χ3v) is 6.43. The highest BCUT2D eigenvalue weighted by Gasteiger charge is 2.37. The van der Waals surface area contributed by atoms with E-state index in [1.54, 1.807) is 30.5 Å². The van der Waals surface area contributed by atoms with E-state index >= 15 is 0 Å². The van der Waals surface area contributed by atoms with Gasteiger partial charge >= 0.3 is 0 Å². The molecular weight excluding hydrogens is 402 g/mol. The van der Waals surface area contributed by atoms with Crippen molar-refractivity contribution in [2.45, 2.75) is 38.3 Å². The fourth-order valence-electron chi connectivity index (χ4n) is 4.65. The number of rotatable bonds is 6. The standard InChI is InChI=1S/C23H28ClN3O3/c24-19-8-3-7-18(15-19)23(29)27-12-10-26(11-13-27)21(17-5-1-2-6-17)22(28)25-16-20-9-4-14-30-20/h3-4,7-9,14-15,17,21H,1-2,5-6,10-13,16H2,(H,25,28). The molecule has 1 unspecified atom stereocenters. The summed E-state index contributed by atoms with van der Waals surface area (Å²) in [5.74, 6) is 1.19. The number of piperazine rings is 1. The lowest BCUT2D eigenvalue weighted by atomic mass is 9.95. The van der Waals surface area contributed by atoms with Crippen LogP contribution in [0.25, 0.3) is 0 Å². The molecule has 160 valence electrons. The maximum atomic E-state index is 13.1. The molecule has 7 heteroatoms. The van der Waals surface area contributed by atoms with Gasteiger partial charge in [0, 0.05) is 36.8 Å². The van der Waals surface area contributed by atoms with Crippen molar-refractivity contribution in [3.8, 4) is 0 Å². The normalized spacial score (nSPS) is 19.0. The average Bonchev–Trinajstić information content (AvgIpc) is 3.47. The van der Waals surface area contributed by atoms with Gasteiger partial charge in [-0.1, -0.05) is 30.5 Å². The molecule has 1 saturated carbocycles.